The van der Waals surface area contributed by atoms with Crippen LogP contribution in [0.1, 0.15) is 52.7 Å². The molecular weight excluding hydrogens is 489 g/mol. The molecule has 0 radical (unpaired) electrons. The topological polar surface area (TPSA) is 26.0 Å². The van der Waals surface area contributed by atoms with Crippen molar-refractivity contribution in [2.45, 2.75) is 52.4 Å². The number of benzene rings is 5. The number of hydrogen-bond donors (Lipinski definition) is 1. The van der Waals surface area contributed by atoms with Crippen LogP contribution < -0.4 is 5.73 Å². The Labute approximate surface area is 238 Å². The van der Waals surface area contributed by atoms with E-state index in [-0.39, 0.29) is 16.6 Å². The molecule has 1 nitrogen and oxygen atoms in total. The van der Waals surface area contributed by atoms with Crippen LogP contribution in [0, 0.1) is 5.82 Å². The van der Waals surface area contributed by atoms with Crippen LogP contribution in [0.2, 0.25) is 0 Å². The zero-order chi connectivity index (χ0) is 28.7. The normalized spacial score (nSPS) is 12.0. The van der Waals surface area contributed by atoms with E-state index in [1.807, 2.05) is 66.7 Å². The van der Waals surface area contributed by atoms with E-state index in [4.69, 9.17) is 5.73 Å². The average molecular weight is 528 g/mol. The molecule has 0 saturated carbocycles. The molecule has 0 atom stereocenters. The molecule has 0 aliphatic heterocycles. The van der Waals surface area contributed by atoms with Gasteiger partial charge in [-0.25, -0.2) is 4.39 Å². The minimum absolute atomic E-state index is 0.00549. The van der Waals surface area contributed by atoms with E-state index >= 15 is 4.39 Å². The monoisotopic (exact) mass is 527 g/mol. The predicted octanol–water partition coefficient (Wildman–Crippen LogP) is 10.7. The lowest BCUT2D eigenvalue weighted by Gasteiger charge is -2.26. The summed E-state index contributed by atoms with van der Waals surface area (Å²) in [5.74, 6) is -0.240. The van der Waals surface area contributed by atoms with Gasteiger partial charge in [-0.15, -0.1) is 0 Å². The summed E-state index contributed by atoms with van der Waals surface area (Å²) in [5, 5.41) is 0. The molecule has 0 fully saturated rings. The molecule has 5 aromatic carbocycles. The first-order valence-corrected chi connectivity index (χ1v) is 13.9. The summed E-state index contributed by atoms with van der Waals surface area (Å²) in [6.07, 6.45) is 0. The van der Waals surface area contributed by atoms with Gasteiger partial charge in [-0.1, -0.05) is 133 Å². The van der Waals surface area contributed by atoms with E-state index in [9.17, 15) is 0 Å². The lowest BCUT2D eigenvalue weighted by Crippen LogP contribution is -2.16. The highest BCUT2D eigenvalue weighted by molar-refractivity contribution is 5.94. The molecule has 2 heteroatoms. The van der Waals surface area contributed by atoms with Crippen molar-refractivity contribution >= 4 is 5.69 Å². The molecule has 5 rings (SSSR count). The van der Waals surface area contributed by atoms with E-state index in [1.54, 1.807) is 6.07 Å². The van der Waals surface area contributed by atoms with Crippen LogP contribution in [0.3, 0.4) is 0 Å². The fourth-order valence-corrected chi connectivity index (χ4v) is 5.22. The van der Waals surface area contributed by atoms with E-state index < -0.39 is 0 Å². The van der Waals surface area contributed by atoms with E-state index in [2.05, 4.69) is 77.9 Å². The zero-order valence-electron chi connectivity index (χ0n) is 24.3. The molecule has 0 aliphatic rings. The maximum atomic E-state index is 15.7. The minimum Gasteiger partial charge on any atom is -0.398 e. The lowest BCUT2D eigenvalue weighted by atomic mass is 9.78. The number of hydrogen-bond acceptors (Lipinski definition) is 1. The Balaban J connectivity index is 1.70. The smallest absolute Gasteiger partial charge is 0.131 e. The lowest BCUT2D eigenvalue weighted by molar-refractivity contribution is 0.569. The number of anilines is 1. The Hall–Kier alpha value is -4.17. The quantitative estimate of drug-likeness (QED) is 0.231. The van der Waals surface area contributed by atoms with Gasteiger partial charge in [0.2, 0.25) is 0 Å². The highest BCUT2D eigenvalue weighted by atomic mass is 19.1. The van der Waals surface area contributed by atoms with Gasteiger partial charge in [0.05, 0.1) is 0 Å². The van der Waals surface area contributed by atoms with Crippen molar-refractivity contribution in [2.75, 3.05) is 5.73 Å². The summed E-state index contributed by atoms with van der Waals surface area (Å²) in [4.78, 5) is 0. The highest BCUT2D eigenvalue weighted by Crippen LogP contribution is 2.42. The molecule has 0 bridgehead atoms. The first-order valence-electron chi connectivity index (χ1n) is 13.9. The van der Waals surface area contributed by atoms with Crippen LogP contribution in [-0.2, 0) is 10.8 Å². The van der Waals surface area contributed by atoms with E-state index in [0.717, 1.165) is 38.9 Å². The molecule has 5 aromatic rings. The zero-order valence-corrected chi connectivity index (χ0v) is 24.3. The van der Waals surface area contributed by atoms with Gasteiger partial charge in [0.25, 0.3) is 0 Å². The third-order valence-corrected chi connectivity index (χ3v) is 7.65. The molecule has 0 aromatic heterocycles. The fraction of sp³-hybridized carbons (Fsp3) is 0.211. The van der Waals surface area contributed by atoms with Crippen LogP contribution >= 0.6 is 0 Å². The fourth-order valence-electron chi connectivity index (χ4n) is 5.22. The van der Waals surface area contributed by atoms with Crippen LogP contribution in [0.5, 0.6) is 0 Å². The van der Waals surface area contributed by atoms with Crippen molar-refractivity contribution in [2.24, 2.45) is 0 Å². The summed E-state index contributed by atoms with van der Waals surface area (Å²) in [7, 11) is 0. The Bertz CT molecular complexity index is 1650. The summed E-state index contributed by atoms with van der Waals surface area (Å²) in [6, 6.07) is 36.5. The molecule has 0 heterocycles. The van der Waals surface area contributed by atoms with Crippen molar-refractivity contribution in [3.05, 3.63) is 126 Å². The molecule has 0 unspecified atom stereocenters. The molecule has 0 spiro atoms. The molecule has 40 heavy (non-hydrogen) atoms. The summed E-state index contributed by atoms with van der Waals surface area (Å²) in [6.45, 7) is 13.4. The molecule has 0 amide bonds. The molecule has 0 aliphatic carbocycles. The number of halogens is 1. The van der Waals surface area contributed by atoms with Crippen molar-refractivity contribution < 1.29 is 4.39 Å². The largest absolute Gasteiger partial charge is 0.398 e. The van der Waals surface area contributed by atoms with Gasteiger partial charge in [-0.3, -0.25) is 0 Å². The SMILES string of the molecule is CC(C)(C)c1cc(-c2ccc(F)c(-c3ccccc3-c3ccccc3-c3ccccc3N)c2)cc(C(C)(C)C)c1. The van der Waals surface area contributed by atoms with E-state index in [1.165, 1.54) is 11.1 Å². The van der Waals surface area contributed by atoms with Crippen LogP contribution in [0.15, 0.2) is 109 Å². The Morgan fingerprint density at radius 2 is 0.875 bits per heavy atom. The van der Waals surface area contributed by atoms with Crippen molar-refractivity contribution in [3.63, 3.8) is 0 Å². The van der Waals surface area contributed by atoms with Gasteiger partial charge in [0, 0.05) is 16.8 Å². The highest BCUT2D eigenvalue weighted by Gasteiger charge is 2.22. The number of rotatable bonds is 4. The first kappa shape index (κ1) is 27.4. The second-order valence-electron chi connectivity index (χ2n) is 12.7. The van der Waals surface area contributed by atoms with E-state index in [0.29, 0.717) is 11.3 Å². The number of nitrogen functional groups attached to an aromatic ring is 1. The summed E-state index contributed by atoms with van der Waals surface area (Å²) in [5.41, 5.74) is 17.2. The second kappa shape index (κ2) is 10.4. The number of para-hydroxylation sites is 1. The minimum atomic E-state index is -0.240. The van der Waals surface area contributed by atoms with Crippen LogP contribution in [0.4, 0.5) is 10.1 Å². The maximum absolute atomic E-state index is 15.7. The Morgan fingerprint density at radius 1 is 0.450 bits per heavy atom. The van der Waals surface area contributed by atoms with Gasteiger partial charge >= 0.3 is 0 Å². The summed E-state index contributed by atoms with van der Waals surface area (Å²) < 4.78 is 15.7. The molecule has 2 N–H and O–H groups in total. The number of nitrogens with two attached hydrogens (primary N) is 1. The standard InChI is InChI=1S/C38H38FN/c1-37(2,3)27-21-26(22-28(24-27)38(4,5)6)25-19-20-35(39)34(23-25)32-16-10-8-14-30(32)29-13-7-9-15-31(29)33-17-11-12-18-36(33)40/h7-24H,40H2,1-6H3. The third kappa shape index (κ3) is 5.45. The second-order valence-corrected chi connectivity index (χ2v) is 12.7. The van der Waals surface area contributed by atoms with Gasteiger partial charge in [-0.2, -0.15) is 0 Å². The third-order valence-electron chi connectivity index (χ3n) is 7.65. The molecule has 202 valence electrons. The average Bonchev–Trinajstić information content (AvgIpc) is 2.92. The van der Waals surface area contributed by atoms with Crippen molar-refractivity contribution in [3.8, 4) is 44.5 Å². The van der Waals surface area contributed by atoms with Crippen molar-refractivity contribution in [1.82, 2.24) is 0 Å². The Morgan fingerprint density at radius 3 is 1.35 bits per heavy atom. The van der Waals surface area contributed by atoms with Crippen LogP contribution in [0.25, 0.3) is 44.5 Å². The summed E-state index contributed by atoms with van der Waals surface area (Å²) >= 11 is 0. The maximum Gasteiger partial charge on any atom is 0.131 e. The van der Waals surface area contributed by atoms with Gasteiger partial charge in [0.1, 0.15) is 5.82 Å². The molecular formula is C38H38FN. The predicted molar refractivity (Wildman–Crippen MR) is 170 cm³/mol. The molecule has 0 saturated heterocycles. The first-order chi connectivity index (χ1) is 18.9. The Kier molecular flexibility index (Phi) is 7.14. The van der Waals surface area contributed by atoms with Crippen molar-refractivity contribution in [1.29, 1.82) is 0 Å². The van der Waals surface area contributed by atoms with Gasteiger partial charge in [0.15, 0.2) is 0 Å². The van der Waals surface area contributed by atoms with Gasteiger partial charge < -0.3 is 5.73 Å². The van der Waals surface area contributed by atoms with Crippen LogP contribution in [-0.4, -0.2) is 0 Å². The van der Waals surface area contributed by atoms with Gasteiger partial charge in [-0.05, 0) is 73.5 Å².